The van der Waals surface area contributed by atoms with Gasteiger partial charge in [-0.15, -0.1) is 0 Å². The van der Waals surface area contributed by atoms with Crippen LogP contribution in [-0.2, 0) is 4.79 Å². The van der Waals surface area contributed by atoms with Gasteiger partial charge in [-0.05, 0) is 85.0 Å². The Bertz CT molecular complexity index is 751. The molecule has 0 bridgehead atoms. The lowest BCUT2D eigenvalue weighted by atomic mass is 9.44. The molecule has 5 rings (SSSR count). The summed E-state index contributed by atoms with van der Waals surface area (Å²) in [6, 6.07) is 2.60. The Hall–Kier alpha value is -1.36. The van der Waals surface area contributed by atoms with Gasteiger partial charge in [0.1, 0.15) is 0 Å². The standard InChI is InChI=1S/C23H29NO/c1-14-10-18-16-12-23(8-9-23)20-11-15(25)4-6-22(20,3)17(16)5-7-21(18,2)19(14)13-24/h11,16-19H,1,4-10,12H2,2-3H3/t16-,17+,18+,19+,21+,22-/m1/s1. The molecule has 4 saturated carbocycles. The van der Waals surface area contributed by atoms with E-state index in [1.54, 1.807) is 0 Å². The van der Waals surface area contributed by atoms with Crippen LogP contribution in [0.15, 0.2) is 23.8 Å². The van der Waals surface area contributed by atoms with Gasteiger partial charge in [0.25, 0.3) is 0 Å². The van der Waals surface area contributed by atoms with Crippen LogP contribution in [0.1, 0.15) is 65.2 Å². The highest BCUT2D eigenvalue weighted by Crippen LogP contribution is 2.75. The van der Waals surface area contributed by atoms with Crippen LogP contribution in [-0.4, -0.2) is 5.78 Å². The number of carbonyl (C=O) groups is 1. The van der Waals surface area contributed by atoms with Gasteiger partial charge in [0.15, 0.2) is 5.78 Å². The van der Waals surface area contributed by atoms with Crippen LogP contribution in [0, 0.1) is 51.2 Å². The van der Waals surface area contributed by atoms with Crippen molar-refractivity contribution >= 4 is 5.78 Å². The topological polar surface area (TPSA) is 40.9 Å². The number of rotatable bonds is 0. The summed E-state index contributed by atoms with van der Waals surface area (Å²) < 4.78 is 0. The summed E-state index contributed by atoms with van der Waals surface area (Å²) >= 11 is 0. The molecule has 5 aliphatic rings. The van der Waals surface area contributed by atoms with Gasteiger partial charge >= 0.3 is 0 Å². The highest BCUT2D eigenvalue weighted by Gasteiger charge is 2.66. The first-order valence-electron chi connectivity index (χ1n) is 10.2. The Morgan fingerprint density at radius 3 is 2.64 bits per heavy atom. The predicted molar refractivity (Wildman–Crippen MR) is 97.4 cm³/mol. The van der Waals surface area contributed by atoms with Crippen molar-refractivity contribution in [2.24, 2.45) is 39.9 Å². The van der Waals surface area contributed by atoms with Crippen LogP contribution in [0.2, 0.25) is 0 Å². The monoisotopic (exact) mass is 335 g/mol. The van der Waals surface area contributed by atoms with Crippen molar-refractivity contribution in [3.05, 3.63) is 23.8 Å². The third-order valence-corrected chi connectivity index (χ3v) is 9.23. The predicted octanol–water partition coefficient (Wildman–Crippen LogP) is 5.21. The third-order valence-electron chi connectivity index (χ3n) is 9.23. The quantitative estimate of drug-likeness (QED) is 0.570. The van der Waals surface area contributed by atoms with E-state index in [2.05, 4.69) is 32.6 Å². The summed E-state index contributed by atoms with van der Waals surface area (Å²) in [5.41, 5.74) is 3.39. The average Bonchev–Trinajstić information content (AvgIpc) is 3.27. The second-order valence-electron chi connectivity index (χ2n) is 10.3. The summed E-state index contributed by atoms with van der Waals surface area (Å²) in [5.74, 6) is 2.44. The van der Waals surface area contributed by atoms with Crippen molar-refractivity contribution in [2.75, 3.05) is 0 Å². The van der Waals surface area contributed by atoms with E-state index in [9.17, 15) is 10.1 Å². The molecule has 2 heteroatoms. The van der Waals surface area contributed by atoms with E-state index in [-0.39, 0.29) is 16.7 Å². The summed E-state index contributed by atoms with van der Waals surface area (Å²) in [6.45, 7) is 9.14. The summed E-state index contributed by atoms with van der Waals surface area (Å²) in [7, 11) is 0. The number of nitrogens with zero attached hydrogens (tertiary/aromatic N) is 1. The van der Waals surface area contributed by atoms with Gasteiger partial charge in [-0.3, -0.25) is 4.79 Å². The molecule has 0 aliphatic heterocycles. The van der Waals surface area contributed by atoms with Crippen molar-refractivity contribution < 1.29 is 4.79 Å². The molecule has 0 aromatic heterocycles. The van der Waals surface area contributed by atoms with Crippen LogP contribution in [0.4, 0.5) is 0 Å². The lowest BCUT2D eigenvalue weighted by Crippen LogP contribution is -2.53. The number of allylic oxidation sites excluding steroid dienone is 2. The van der Waals surface area contributed by atoms with E-state index in [1.807, 2.05) is 0 Å². The number of hydrogen-bond acceptors (Lipinski definition) is 2. The molecule has 0 unspecified atom stereocenters. The molecule has 6 atom stereocenters. The zero-order chi connectivity index (χ0) is 17.6. The molecule has 5 aliphatic carbocycles. The highest BCUT2D eigenvalue weighted by molar-refractivity contribution is 5.92. The fourth-order valence-corrected chi connectivity index (χ4v) is 7.80. The molecule has 25 heavy (non-hydrogen) atoms. The van der Waals surface area contributed by atoms with Crippen molar-refractivity contribution in [3.8, 4) is 6.07 Å². The smallest absolute Gasteiger partial charge is 0.155 e. The highest BCUT2D eigenvalue weighted by atomic mass is 16.1. The van der Waals surface area contributed by atoms with Crippen molar-refractivity contribution in [1.29, 1.82) is 5.26 Å². The molecule has 4 fully saturated rings. The Kier molecular flexibility index (Phi) is 2.96. The number of carbonyl (C=O) groups excluding carboxylic acids is 1. The fourth-order valence-electron chi connectivity index (χ4n) is 7.80. The lowest BCUT2D eigenvalue weighted by Gasteiger charge is -2.60. The number of nitriles is 1. The Morgan fingerprint density at radius 2 is 1.96 bits per heavy atom. The van der Waals surface area contributed by atoms with Crippen LogP contribution in [0.5, 0.6) is 0 Å². The SMILES string of the molecule is C=C1C[C@H]2[C@@H]3CC4(CC4)C4=CC(=O)CC[C@]4(C)[C@H]3CC[C@]2(C)[C@H]1C#N. The zero-order valence-electron chi connectivity index (χ0n) is 15.6. The van der Waals surface area contributed by atoms with Gasteiger partial charge in [0.05, 0.1) is 12.0 Å². The van der Waals surface area contributed by atoms with Crippen molar-refractivity contribution in [2.45, 2.75) is 65.2 Å². The maximum atomic E-state index is 12.2. The zero-order valence-corrected chi connectivity index (χ0v) is 15.6. The largest absolute Gasteiger partial charge is 0.295 e. The molecule has 0 aromatic rings. The average molecular weight is 335 g/mol. The molecule has 0 radical (unpaired) electrons. The summed E-state index contributed by atoms with van der Waals surface area (Å²) in [4.78, 5) is 12.2. The van der Waals surface area contributed by atoms with Gasteiger partial charge in [0, 0.05) is 6.42 Å². The number of fused-ring (bicyclic) bond motifs is 6. The Labute approximate surface area is 151 Å². The molecule has 132 valence electrons. The first-order chi connectivity index (χ1) is 11.8. The minimum Gasteiger partial charge on any atom is -0.295 e. The van der Waals surface area contributed by atoms with Crippen molar-refractivity contribution in [1.82, 2.24) is 0 Å². The lowest BCUT2D eigenvalue weighted by molar-refractivity contribution is -0.118. The molecule has 0 amide bonds. The van der Waals surface area contributed by atoms with E-state index < -0.39 is 0 Å². The maximum absolute atomic E-state index is 12.2. The van der Waals surface area contributed by atoms with E-state index in [1.165, 1.54) is 36.8 Å². The van der Waals surface area contributed by atoms with E-state index in [0.29, 0.717) is 29.0 Å². The van der Waals surface area contributed by atoms with Gasteiger partial charge < -0.3 is 0 Å². The summed E-state index contributed by atoms with van der Waals surface area (Å²) in [5, 5.41) is 9.76. The van der Waals surface area contributed by atoms with Crippen LogP contribution in [0.3, 0.4) is 0 Å². The van der Waals surface area contributed by atoms with Gasteiger partial charge in [-0.25, -0.2) is 0 Å². The molecule has 0 saturated heterocycles. The molecule has 0 N–H and O–H groups in total. The number of ketones is 1. The maximum Gasteiger partial charge on any atom is 0.155 e. The normalized spacial score (nSPS) is 49.7. The van der Waals surface area contributed by atoms with Crippen LogP contribution < -0.4 is 0 Å². The molecule has 1 spiro atoms. The molecule has 0 heterocycles. The van der Waals surface area contributed by atoms with Gasteiger partial charge in [-0.2, -0.15) is 5.26 Å². The van der Waals surface area contributed by atoms with Gasteiger partial charge in [0.2, 0.25) is 0 Å². The second kappa shape index (κ2) is 4.67. The number of hydrogen-bond donors (Lipinski definition) is 0. The van der Waals surface area contributed by atoms with E-state index in [4.69, 9.17) is 0 Å². The third kappa shape index (κ3) is 1.83. The van der Waals surface area contributed by atoms with E-state index in [0.717, 1.165) is 25.7 Å². The van der Waals surface area contributed by atoms with Crippen molar-refractivity contribution in [3.63, 3.8) is 0 Å². The minimum absolute atomic E-state index is 0.0475. The molecule has 2 nitrogen and oxygen atoms in total. The first kappa shape index (κ1) is 15.9. The van der Waals surface area contributed by atoms with Crippen LogP contribution >= 0.6 is 0 Å². The first-order valence-corrected chi connectivity index (χ1v) is 10.2. The minimum atomic E-state index is 0.0475. The molecular formula is C23H29NO. The Morgan fingerprint density at radius 1 is 1.20 bits per heavy atom. The van der Waals surface area contributed by atoms with Crippen LogP contribution in [0.25, 0.3) is 0 Å². The molecule has 0 aromatic carbocycles. The molecular weight excluding hydrogens is 306 g/mol. The van der Waals surface area contributed by atoms with Gasteiger partial charge in [-0.1, -0.05) is 31.6 Å². The fraction of sp³-hybridized carbons (Fsp3) is 0.739. The second-order valence-corrected chi connectivity index (χ2v) is 10.3. The Balaban J connectivity index is 1.59. The van der Waals surface area contributed by atoms with E-state index >= 15 is 0 Å². The summed E-state index contributed by atoms with van der Waals surface area (Å²) in [6.07, 6.45) is 11.1.